The van der Waals surface area contributed by atoms with Crippen molar-refractivity contribution < 1.29 is 9.53 Å². The molecular weight excluding hydrogens is 264 g/mol. The van der Waals surface area contributed by atoms with Crippen molar-refractivity contribution in [2.24, 2.45) is 0 Å². The number of thioether (sulfide) groups is 1. The number of anilines is 1. The van der Waals surface area contributed by atoms with Crippen LogP contribution in [-0.2, 0) is 4.79 Å². The Bertz CT molecular complexity index is 544. The number of nitrogens with zero attached hydrogens (tertiary/aromatic N) is 2. The first kappa shape index (κ1) is 13.4. The van der Waals surface area contributed by atoms with E-state index < -0.39 is 0 Å². The van der Waals surface area contributed by atoms with Gasteiger partial charge in [0.1, 0.15) is 12.1 Å². The van der Waals surface area contributed by atoms with E-state index in [0.717, 1.165) is 0 Å². The van der Waals surface area contributed by atoms with Gasteiger partial charge in [0.25, 0.3) is 0 Å². The van der Waals surface area contributed by atoms with E-state index in [2.05, 4.69) is 20.5 Å². The summed E-state index contributed by atoms with van der Waals surface area (Å²) in [7, 11) is 1.57. The number of carbonyl (C=O) groups is 1. The predicted octanol–water partition coefficient (Wildman–Crippen LogP) is 1.93. The van der Waals surface area contributed by atoms with Crippen molar-refractivity contribution in [2.75, 3.05) is 12.4 Å². The van der Waals surface area contributed by atoms with Crippen molar-refractivity contribution in [2.45, 2.75) is 17.3 Å². The van der Waals surface area contributed by atoms with Crippen LogP contribution in [-0.4, -0.2) is 33.4 Å². The third-order valence-electron chi connectivity index (χ3n) is 2.42. The van der Waals surface area contributed by atoms with Crippen molar-refractivity contribution in [1.29, 1.82) is 0 Å². The smallest absolute Gasteiger partial charge is 0.237 e. The normalized spacial score (nSPS) is 11.9. The lowest BCUT2D eigenvalue weighted by Gasteiger charge is -2.12. The van der Waals surface area contributed by atoms with Crippen LogP contribution in [0, 0.1) is 0 Å². The summed E-state index contributed by atoms with van der Waals surface area (Å²) >= 11 is 1.31. The standard InChI is InChI=1S/C12H14N4O2S/c1-8(19-12-13-7-14-16-12)11(17)15-9-5-3-4-6-10(9)18-2/h3-8H,1-2H3,(H,15,17)(H,13,14,16)/t8-/m1/s1. The summed E-state index contributed by atoms with van der Waals surface area (Å²) < 4.78 is 5.18. The zero-order chi connectivity index (χ0) is 13.7. The van der Waals surface area contributed by atoms with Crippen LogP contribution in [0.4, 0.5) is 5.69 Å². The molecule has 7 heteroatoms. The van der Waals surface area contributed by atoms with E-state index in [0.29, 0.717) is 16.6 Å². The summed E-state index contributed by atoms with van der Waals surface area (Å²) in [6, 6.07) is 7.28. The highest BCUT2D eigenvalue weighted by Gasteiger charge is 2.17. The van der Waals surface area contributed by atoms with Gasteiger partial charge in [-0.2, -0.15) is 5.10 Å². The van der Waals surface area contributed by atoms with Crippen molar-refractivity contribution in [3.63, 3.8) is 0 Å². The minimum atomic E-state index is -0.294. The fourth-order valence-electron chi connectivity index (χ4n) is 1.45. The van der Waals surface area contributed by atoms with Gasteiger partial charge in [-0.1, -0.05) is 23.9 Å². The number of benzene rings is 1. The Labute approximate surface area is 115 Å². The molecule has 6 nitrogen and oxygen atoms in total. The lowest BCUT2D eigenvalue weighted by Crippen LogP contribution is -2.22. The maximum absolute atomic E-state index is 12.1. The second-order valence-electron chi connectivity index (χ2n) is 3.74. The van der Waals surface area contributed by atoms with E-state index in [4.69, 9.17) is 4.74 Å². The Kier molecular flexibility index (Phi) is 4.40. The van der Waals surface area contributed by atoms with Crippen LogP contribution in [0.3, 0.4) is 0 Å². The fraction of sp³-hybridized carbons (Fsp3) is 0.250. The molecule has 0 unspecified atom stereocenters. The van der Waals surface area contributed by atoms with Crippen LogP contribution in [0.1, 0.15) is 6.92 Å². The topological polar surface area (TPSA) is 79.9 Å². The molecule has 0 saturated heterocycles. The minimum absolute atomic E-state index is 0.120. The monoisotopic (exact) mass is 278 g/mol. The molecule has 0 fully saturated rings. The van der Waals surface area contributed by atoms with E-state index in [1.807, 2.05) is 12.1 Å². The first-order valence-corrected chi connectivity index (χ1v) is 6.54. The SMILES string of the molecule is COc1ccccc1NC(=O)[C@@H](C)Sc1ncn[nH]1. The Morgan fingerprint density at radius 2 is 2.26 bits per heavy atom. The number of H-pyrrole nitrogens is 1. The van der Waals surface area contributed by atoms with E-state index >= 15 is 0 Å². The molecule has 2 rings (SSSR count). The van der Waals surface area contributed by atoms with Crippen LogP contribution >= 0.6 is 11.8 Å². The molecular formula is C12H14N4O2S. The zero-order valence-electron chi connectivity index (χ0n) is 10.6. The van der Waals surface area contributed by atoms with E-state index in [1.165, 1.54) is 18.1 Å². The Balaban J connectivity index is 2.00. The molecule has 2 aromatic rings. The van der Waals surface area contributed by atoms with Gasteiger partial charge in [-0.15, -0.1) is 0 Å². The van der Waals surface area contributed by atoms with E-state index in [9.17, 15) is 4.79 Å². The average Bonchev–Trinajstić information content (AvgIpc) is 2.92. The third kappa shape index (κ3) is 3.47. The van der Waals surface area contributed by atoms with Gasteiger partial charge in [0, 0.05) is 0 Å². The number of carbonyl (C=O) groups excluding carboxylic acids is 1. The van der Waals surface area contributed by atoms with Crippen molar-refractivity contribution in [3.05, 3.63) is 30.6 Å². The van der Waals surface area contributed by atoms with Crippen LogP contribution in [0.15, 0.2) is 35.7 Å². The number of rotatable bonds is 5. The van der Waals surface area contributed by atoms with E-state index in [-0.39, 0.29) is 11.2 Å². The summed E-state index contributed by atoms with van der Waals surface area (Å²) in [4.78, 5) is 16.0. The molecule has 0 aliphatic heterocycles. The van der Waals surface area contributed by atoms with Gasteiger partial charge >= 0.3 is 0 Å². The zero-order valence-corrected chi connectivity index (χ0v) is 11.4. The maximum Gasteiger partial charge on any atom is 0.237 e. The van der Waals surface area contributed by atoms with Gasteiger partial charge in [-0.3, -0.25) is 9.89 Å². The number of ether oxygens (including phenoxy) is 1. The number of aromatic amines is 1. The second kappa shape index (κ2) is 6.24. The molecule has 1 aromatic heterocycles. The van der Waals surface area contributed by atoms with Gasteiger partial charge in [-0.05, 0) is 19.1 Å². The number of hydrogen-bond donors (Lipinski definition) is 2. The quantitative estimate of drug-likeness (QED) is 0.817. The Morgan fingerprint density at radius 3 is 2.95 bits per heavy atom. The van der Waals surface area contributed by atoms with Crippen molar-refractivity contribution >= 4 is 23.4 Å². The van der Waals surface area contributed by atoms with Gasteiger partial charge in [0.15, 0.2) is 5.16 Å². The molecule has 0 radical (unpaired) electrons. The van der Waals surface area contributed by atoms with Crippen LogP contribution in [0.2, 0.25) is 0 Å². The molecule has 0 spiro atoms. The molecule has 0 saturated carbocycles. The van der Waals surface area contributed by atoms with Crippen LogP contribution in [0.25, 0.3) is 0 Å². The van der Waals surface area contributed by atoms with Gasteiger partial charge in [0.2, 0.25) is 5.91 Å². The van der Waals surface area contributed by atoms with Crippen molar-refractivity contribution in [1.82, 2.24) is 15.2 Å². The van der Waals surface area contributed by atoms with Crippen molar-refractivity contribution in [3.8, 4) is 5.75 Å². The number of para-hydroxylation sites is 2. The Morgan fingerprint density at radius 1 is 1.47 bits per heavy atom. The number of methoxy groups -OCH3 is 1. The number of amides is 1. The number of hydrogen-bond acceptors (Lipinski definition) is 5. The summed E-state index contributed by atoms with van der Waals surface area (Å²) in [6.07, 6.45) is 1.41. The molecule has 19 heavy (non-hydrogen) atoms. The highest BCUT2D eigenvalue weighted by Crippen LogP contribution is 2.25. The molecule has 100 valence electrons. The molecule has 2 N–H and O–H groups in total. The average molecular weight is 278 g/mol. The summed E-state index contributed by atoms with van der Waals surface area (Å²) in [5.41, 5.74) is 0.653. The summed E-state index contributed by atoms with van der Waals surface area (Å²) in [5, 5.41) is 9.59. The molecule has 1 aromatic carbocycles. The highest BCUT2D eigenvalue weighted by molar-refractivity contribution is 8.00. The lowest BCUT2D eigenvalue weighted by atomic mass is 10.3. The molecule has 1 amide bonds. The second-order valence-corrected chi connectivity index (χ2v) is 5.07. The Hall–Kier alpha value is -2.02. The summed E-state index contributed by atoms with van der Waals surface area (Å²) in [5.74, 6) is 0.513. The van der Waals surface area contributed by atoms with Gasteiger partial charge in [-0.25, -0.2) is 4.98 Å². The van der Waals surface area contributed by atoms with E-state index in [1.54, 1.807) is 26.2 Å². The summed E-state index contributed by atoms with van der Waals surface area (Å²) in [6.45, 7) is 1.80. The third-order valence-corrected chi connectivity index (χ3v) is 3.40. The largest absolute Gasteiger partial charge is 0.495 e. The molecule has 0 bridgehead atoms. The number of aromatic nitrogens is 3. The molecule has 0 aliphatic carbocycles. The first-order valence-electron chi connectivity index (χ1n) is 5.66. The van der Waals surface area contributed by atoms with Crippen LogP contribution in [0.5, 0.6) is 5.75 Å². The minimum Gasteiger partial charge on any atom is -0.495 e. The predicted molar refractivity (Wildman–Crippen MR) is 73.3 cm³/mol. The number of nitrogens with one attached hydrogen (secondary N) is 2. The fourth-order valence-corrected chi connectivity index (χ4v) is 2.17. The van der Waals surface area contributed by atoms with Gasteiger partial charge in [0.05, 0.1) is 18.0 Å². The maximum atomic E-state index is 12.1. The highest BCUT2D eigenvalue weighted by atomic mass is 32.2. The first-order chi connectivity index (χ1) is 9.20. The lowest BCUT2D eigenvalue weighted by molar-refractivity contribution is -0.115. The van der Waals surface area contributed by atoms with Gasteiger partial charge < -0.3 is 10.1 Å². The molecule has 1 atom stereocenters. The van der Waals surface area contributed by atoms with Crippen LogP contribution < -0.4 is 10.1 Å². The molecule has 1 heterocycles. The molecule has 0 aliphatic rings.